The Hall–Kier alpha value is -0.0800. The molecule has 2 fully saturated rings. The minimum absolute atomic E-state index is 0.456. The fraction of sp³-hybridized carbons (Fsp3) is 1.00. The Morgan fingerprint density at radius 3 is 2.63 bits per heavy atom. The van der Waals surface area contributed by atoms with Crippen molar-refractivity contribution in [2.75, 3.05) is 19.6 Å². The Morgan fingerprint density at radius 1 is 1.16 bits per heavy atom. The van der Waals surface area contributed by atoms with Gasteiger partial charge in [-0.05, 0) is 50.1 Å². The van der Waals surface area contributed by atoms with Crippen molar-refractivity contribution in [2.24, 2.45) is 11.3 Å². The zero-order valence-electron chi connectivity index (χ0n) is 13.5. The van der Waals surface area contributed by atoms with Crippen molar-refractivity contribution in [2.45, 2.75) is 78.3 Å². The van der Waals surface area contributed by atoms with Crippen LogP contribution in [0.15, 0.2) is 0 Å². The number of hydrogen-bond acceptors (Lipinski definition) is 2. The van der Waals surface area contributed by atoms with Crippen LogP contribution in [0.3, 0.4) is 0 Å². The smallest absolute Gasteiger partial charge is 0.0274 e. The fourth-order valence-corrected chi connectivity index (χ4v) is 4.37. The van der Waals surface area contributed by atoms with E-state index < -0.39 is 0 Å². The third-order valence-electron chi connectivity index (χ3n) is 5.57. The summed E-state index contributed by atoms with van der Waals surface area (Å²) in [6.45, 7) is 13.3. The largest absolute Gasteiger partial charge is 0.312 e. The molecule has 2 aliphatic rings. The standard InChI is InChI=1S/C17H34N2/c1-5-14-9-8-12-19(13-14)15-10-7-11-17(3,4)16(15)18-6-2/h14-16,18H,5-13H2,1-4H3. The Balaban J connectivity index is 2.07. The number of piperidine rings is 1. The second kappa shape index (κ2) is 6.58. The molecule has 3 atom stereocenters. The summed E-state index contributed by atoms with van der Waals surface area (Å²) in [6, 6.07) is 1.46. The van der Waals surface area contributed by atoms with Crippen molar-refractivity contribution in [3.63, 3.8) is 0 Å². The predicted molar refractivity (Wildman–Crippen MR) is 83.5 cm³/mol. The van der Waals surface area contributed by atoms with Gasteiger partial charge in [-0.1, -0.05) is 40.5 Å². The van der Waals surface area contributed by atoms with Gasteiger partial charge in [-0.3, -0.25) is 4.90 Å². The summed E-state index contributed by atoms with van der Waals surface area (Å²) in [4.78, 5) is 2.83. The second-order valence-electron chi connectivity index (χ2n) is 7.39. The molecule has 0 bridgehead atoms. The number of likely N-dealkylation sites (N-methyl/N-ethyl adjacent to an activating group) is 1. The van der Waals surface area contributed by atoms with Crippen molar-refractivity contribution in [3.05, 3.63) is 0 Å². The highest BCUT2D eigenvalue weighted by atomic mass is 15.2. The molecule has 2 nitrogen and oxygen atoms in total. The Morgan fingerprint density at radius 2 is 1.95 bits per heavy atom. The van der Waals surface area contributed by atoms with Gasteiger partial charge in [-0.15, -0.1) is 0 Å². The first-order valence-electron chi connectivity index (χ1n) is 8.56. The van der Waals surface area contributed by atoms with E-state index in [0.717, 1.165) is 18.5 Å². The topological polar surface area (TPSA) is 15.3 Å². The molecule has 0 spiro atoms. The molecule has 112 valence electrons. The minimum atomic E-state index is 0.456. The summed E-state index contributed by atoms with van der Waals surface area (Å²) in [7, 11) is 0. The van der Waals surface area contributed by atoms with Crippen LogP contribution in [0.25, 0.3) is 0 Å². The van der Waals surface area contributed by atoms with Crippen LogP contribution in [-0.2, 0) is 0 Å². The number of nitrogens with zero attached hydrogens (tertiary/aromatic N) is 1. The predicted octanol–water partition coefficient (Wildman–Crippen LogP) is 3.67. The maximum atomic E-state index is 3.81. The highest BCUT2D eigenvalue weighted by molar-refractivity contribution is 4.98. The number of rotatable bonds is 4. The summed E-state index contributed by atoms with van der Waals surface area (Å²) in [5.74, 6) is 0.945. The van der Waals surface area contributed by atoms with Crippen LogP contribution in [0.5, 0.6) is 0 Å². The quantitative estimate of drug-likeness (QED) is 0.835. The molecule has 0 radical (unpaired) electrons. The molecule has 0 aromatic heterocycles. The van der Waals surface area contributed by atoms with E-state index in [4.69, 9.17) is 0 Å². The first-order valence-corrected chi connectivity index (χ1v) is 8.56. The van der Waals surface area contributed by atoms with Crippen LogP contribution in [0.2, 0.25) is 0 Å². The van der Waals surface area contributed by atoms with E-state index in [1.165, 1.54) is 51.6 Å². The fourth-order valence-electron chi connectivity index (χ4n) is 4.37. The van der Waals surface area contributed by atoms with Crippen LogP contribution < -0.4 is 5.32 Å². The third kappa shape index (κ3) is 3.52. The van der Waals surface area contributed by atoms with Crippen LogP contribution in [0.4, 0.5) is 0 Å². The molecule has 19 heavy (non-hydrogen) atoms. The van der Waals surface area contributed by atoms with E-state index >= 15 is 0 Å². The van der Waals surface area contributed by atoms with E-state index in [1.54, 1.807) is 0 Å². The zero-order valence-corrected chi connectivity index (χ0v) is 13.5. The molecule has 0 aromatic carbocycles. The van der Waals surface area contributed by atoms with E-state index in [0.29, 0.717) is 11.5 Å². The monoisotopic (exact) mass is 266 g/mol. The lowest BCUT2D eigenvalue weighted by molar-refractivity contribution is 0.0241. The molecule has 1 aliphatic carbocycles. The summed E-state index contributed by atoms with van der Waals surface area (Å²) < 4.78 is 0. The third-order valence-corrected chi connectivity index (χ3v) is 5.57. The lowest BCUT2D eigenvalue weighted by Gasteiger charge is -2.50. The molecule has 1 heterocycles. The molecule has 0 aromatic rings. The first kappa shape index (κ1) is 15.3. The Kier molecular flexibility index (Phi) is 5.30. The van der Waals surface area contributed by atoms with Crippen molar-refractivity contribution in [1.29, 1.82) is 0 Å². The van der Waals surface area contributed by atoms with Gasteiger partial charge in [-0.2, -0.15) is 0 Å². The average molecular weight is 266 g/mol. The number of hydrogen-bond donors (Lipinski definition) is 1. The molecule has 1 saturated carbocycles. The van der Waals surface area contributed by atoms with Gasteiger partial charge in [0, 0.05) is 18.6 Å². The van der Waals surface area contributed by atoms with E-state index in [2.05, 4.69) is 37.9 Å². The Labute approximate surface area is 120 Å². The summed E-state index contributed by atoms with van der Waals surface area (Å²) in [5.41, 5.74) is 0.456. The second-order valence-corrected chi connectivity index (χ2v) is 7.39. The minimum Gasteiger partial charge on any atom is -0.312 e. The summed E-state index contributed by atoms with van der Waals surface area (Å²) in [5, 5.41) is 3.81. The molecule has 3 unspecified atom stereocenters. The lowest BCUT2D eigenvalue weighted by atomic mass is 9.70. The number of nitrogens with one attached hydrogen (secondary N) is 1. The van der Waals surface area contributed by atoms with Crippen molar-refractivity contribution in [3.8, 4) is 0 Å². The molecule has 2 rings (SSSR count). The number of likely N-dealkylation sites (tertiary alicyclic amines) is 1. The van der Waals surface area contributed by atoms with E-state index in [-0.39, 0.29) is 0 Å². The van der Waals surface area contributed by atoms with E-state index in [1.807, 2.05) is 0 Å². The lowest BCUT2D eigenvalue weighted by Crippen LogP contribution is -2.60. The van der Waals surface area contributed by atoms with Gasteiger partial charge in [0.25, 0.3) is 0 Å². The van der Waals surface area contributed by atoms with Crippen molar-refractivity contribution >= 4 is 0 Å². The van der Waals surface area contributed by atoms with Gasteiger partial charge < -0.3 is 5.32 Å². The van der Waals surface area contributed by atoms with Gasteiger partial charge in [0.2, 0.25) is 0 Å². The van der Waals surface area contributed by atoms with Crippen LogP contribution in [0.1, 0.15) is 66.2 Å². The van der Waals surface area contributed by atoms with Crippen LogP contribution >= 0.6 is 0 Å². The molecule has 1 N–H and O–H groups in total. The highest BCUT2D eigenvalue weighted by Gasteiger charge is 2.41. The highest BCUT2D eigenvalue weighted by Crippen LogP contribution is 2.39. The van der Waals surface area contributed by atoms with Gasteiger partial charge in [0.05, 0.1) is 0 Å². The van der Waals surface area contributed by atoms with Crippen LogP contribution in [0, 0.1) is 11.3 Å². The molecular weight excluding hydrogens is 232 g/mol. The maximum absolute atomic E-state index is 3.81. The normalized spacial score (nSPS) is 36.3. The molecule has 1 saturated heterocycles. The summed E-state index contributed by atoms with van der Waals surface area (Å²) in [6.07, 6.45) is 8.42. The van der Waals surface area contributed by atoms with Gasteiger partial charge in [0.15, 0.2) is 0 Å². The zero-order chi connectivity index (χ0) is 13.9. The molecule has 0 amide bonds. The van der Waals surface area contributed by atoms with Crippen molar-refractivity contribution in [1.82, 2.24) is 10.2 Å². The van der Waals surface area contributed by atoms with E-state index in [9.17, 15) is 0 Å². The SMILES string of the molecule is CCNC1C(N2CCCC(CC)C2)CCCC1(C)C. The van der Waals surface area contributed by atoms with Crippen LogP contribution in [-0.4, -0.2) is 36.6 Å². The first-order chi connectivity index (χ1) is 9.08. The maximum Gasteiger partial charge on any atom is 0.0274 e. The Bertz CT molecular complexity index is 274. The van der Waals surface area contributed by atoms with Gasteiger partial charge in [0.1, 0.15) is 0 Å². The average Bonchev–Trinajstić information content (AvgIpc) is 2.41. The van der Waals surface area contributed by atoms with Crippen molar-refractivity contribution < 1.29 is 0 Å². The molecular formula is C17H34N2. The molecule has 1 aliphatic heterocycles. The van der Waals surface area contributed by atoms with Gasteiger partial charge in [-0.25, -0.2) is 0 Å². The van der Waals surface area contributed by atoms with Gasteiger partial charge >= 0.3 is 0 Å². The summed E-state index contributed by atoms with van der Waals surface area (Å²) >= 11 is 0. The molecule has 2 heteroatoms.